The first kappa shape index (κ1) is 12.7. The van der Waals surface area contributed by atoms with Crippen molar-refractivity contribution < 1.29 is 0 Å². The number of aromatic amines is 1. The summed E-state index contributed by atoms with van der Waals surface area (Å²) in [5.74, 6) is 0. The second-order valence-corrected chi connectivity index (χ2v) is 5.83. The highest BCUT2D eigenvalue weighted by Gasteiger charge is 2.28. The molecule has 2 aromatic rings. The lowest BCUT2D eigenvalue weighted by atomic mass is 10.1. The van der Waals surface area contributed by atoms with Crippen LogP contribution in [-0.2, 0) is 0 Å². The molecule has 0 atom stereocenters. The molecule has 0 aliphatic heterocycles. The molecule has 6 heteroatoms. The van der Waals surface area contributed by atoms with Crippen LogP contribution in [0.3, 0.4) is 0 Å². The van der Waals surface area contributed by atoms with E-state index < -0.39 is 5.69 Å². The van der Waals surface area contributed by atoms with E-state index in [0.29, 0.717) is 11.1 Å². The number of rotatable bonds is 2. The summed E-state index contributed by atoms with van der Waals surface area (Å²) in [5, 5.41) is 0.0919. The maximum atomic E-state index is 12.4. The number of halogens is 2. The van der Waals surface area contributed by atoms with Crippen LogP contribution in [0.25, 0.3) is 11.1 Å². The van der Waals surface area contributed by atoms with Gasteiger partial charge in [-0.15, -0.1) is 0 Å². The molecule has 1 N–H and O–H groups in total. The van der Waals surface area contributed by atoms with Crippen LogP contribution in [0.4, 0.5) is 0 Å². The van der Waals surface area contributed by atoms with E-state index in [1.54, 1.807) is 12.1 Å². The Hall–Kier alpha value is -1.33. The van der Waals surface area contributed by atoms with Crippen molar-refractivity contribution in [2.24, 2.45) is 0 Å². The first-order chi connectivity index (χ1) is 9.08. The van der Waals surface area contributed by atoms with Crippen molar-refractivity contribution in [3.63, 3.8) is 0 Å². The molecule has 98 valence electrons. The zero-order valence-electron chi connectivity index (χ0n) is 9.82. The highest BCUT2D eigenvalue weighted by Crippen LogP contribution is 2.33. The number of benzene rings is 1. The van der Waals surface area contributed by atoms with Crippen LogP contribution in [0.1, 0.15) is 18.9 Å². The Kier molecular flexibility index (Phi) is 3.11. The van der Waals surface area contributed by atoms with Gasteiger partial charge in [0.25, 0.3) is 5.56 Å². The second-order valence-electron chi connectivity index (χ2n) is 4.53. The molecule has 0 radical (unpaired) electrons. The van der Waals surface area contributed by atoms with E-state index in [4.69, 9.17) is 11.6 Å². The van der Waals surface area contributed by atoms with E-state index in [1.807, 2.05) is 12.1 Å². The molecule has 1 aromatic heterocycles. The number of nitrogens with one attached hydrogen (secondary N) is 1. The van der Waals surface area contributed by atoms with Crippen LogP contribution in [0.2, 0.25) is 5.15 Å². The Morgan fingerprint density at radius 1 is 1.21 bits per heavy atom. The molecule has 19 heavy (non-hydrogen) atoms. The summed E-state index contributed by atoms with van der Waals surface area (Å²) in [6, 6.07) is 7.27. The summed E-state index contributed by atoms with van der Waals surface area (Å²) in [6.45, 7) is 0. The Morgan fingerprint density at radius 3 is 2.42 bits per heavy atom. The van der Waals surface area contributed by atoms with Crippen molar-refractivity contribution in [2.45, 2.75) is 18.9 Å². The van der Waals surface area contributed by atoms with Crippen molar-refractivity contribution in [3.05, 3.63) is 54.7 Å². The van der Waals surface area contributed by atoms with Gasteiger partial charge in [0, 0.05) is 10.5 Å². The maximum absolute atomic E-state index is 12.4. The molecule has 1 heterocycles. The smallest absolute Gasteiger partial charge is 0.297 e. The third-order valence-electron chi connectivity index (χ3n) is 3.13. The van der Waals surface area contributed by atoms with Crippen LogP contribution in [-0.4, -0.2) is 9.55 Å². The van der Waals surface area contributed by atoms with Crippen LogP contribution in [0, 0.1) is 0 Å². The van der Waals surface area contributed by atoms with Crippen LogP contribution >= 0.6 is 27.5 Å². The molecular weight excluding hydrogens is 332 g/mol. The number of H-pyrrole nitrogens is 1. The molecular formula is C13H10BrClN2O2. The van der Waals surface area contributed by atoms with E-state index in [2.05, 4.69) is 20.9 Å². The number of aromatic nitrogens is 2. The van der Waals surface area contributed by atoms with Gasteiger partial charge in [-0.05, 0) is 30.5 Å². The fraction of sp³-hybridized carbons (Fsp3) is 0.231. The molecule has 1 fully saturated rings. The zero-order valence-corrected chi connectivity index (χ0v) is 12.2. The SMILES string of the molecule is O=c1[nH]c(Cl)c(-c2ccc(Br)cc2)c(=O)n1C1CC1. The van der Waals surface area contributed by atoms with Crippen LogP contribution < -0.4 is 11.2 Å². The Labute approximate surface area is 122 Å². The van der Waals surface area contributed by atoms with Gasteiger partial charge in [0.15, 0.2) is 0 Å². The summed E-state index contributed by atoms with van der Waals surface area (Å²) in [4.78, 5) is 26.8. The second kappa shape index (κ2) is 4.65. The first-order valence-electron chi connectivity index (χ1n) is 5.88. The molecule has 0 amide bonds. The molecule has 1 aliphatic carbocycles. The van der Waals surface area contributed by atoms with Gasteiger partial charge in [-0.2, -0.15) is 0 Å². The minimum atomic E-state index is -0.432. The lowest BCUT2D eigenvalue weighted by Gasteiger charge is -2.08. The topological polar surface area (TPSA) is 54.9 Å². The van der Waals surface area contributed by atoms with E-state index in [1.165, 1.54) is 4.57 Å². The Bertz CT molecular complexity index is 745. The van der Waals surface area contributed by atoms with Crippen LogP contribution in [0.15, 0.2) is 38.3 Å². The lowest BCUT2D eigenvalue weighted by Crippen LogP contribution is -2.35. The third-order valence-corrected chi connectivity index (χ3v) is 3.94. The Morgan fingerprint density at radius 2 is 1.84 bits per heavy atom. The zero-order chi connectivity index (χ0) is 13.6. The predicted molar refractivity (Wildman–Crippen MR) is 77.7 cm³/mol. The molecule has 0 unspecified atom stereocenters. The number of hydrogen-bond donors (Lipinski definition) is 1. The van der Waals surface area contributed by atoms with Gasteiger partial charge in [0.1, 0.15) is 5.15 Å². The van der Waals surface area contributed by atoms with Gasteiger partial charge >= 0.3 is 5.69 Å². The minimum Gasteiger partial charge on any atom is -0.297 e. The van der Waals surface area contributed by atoms with Gasteiger partial charge in [-0.3, -0.25) is 14.3 Å². The van der Waals surface area contributed by atoms with Gasteiger partial charge in [0.05, 0.1) is 5.56 Å². The molecule has 0 bridgehead atoms. The lowest BCUT2D eigenvalue weighted by molar-refractivity contribution is 0.657. The summed E-state index contributed by atoms with van der Waals surface area (Å²) in [7, 11) is 0. The largest absolute Gasteiger partial charge is 0.329 e. The van der Waals surface area contributed by atoms with Gasteiger partial charge in [0.2, 0.25) is 0 Å². The fourth-order valence-corrected chi connectivity index (χ4v) is 2.59. The van der Waals surface area contributed by atoms with Crippen molar-refractivity contribution in [2.75, 3.05) is 0 Å². The van der Waals surface area contributed by atoms with Gasteiger partial charge in [-0.1, -0.05) is 39.7 Å². The van der Waals surface area contributed by atoms with Crippen molar-refractivity contribution in [1.82, 2.24) is 9.55 Å². The third kappa shape index (κ3) is 2.28. The van der Waals surface area contributed by atoms with E-state index >= 15 is 0 Å². The molecule has 1 saturated carbocycles. The normalized spacial score (nSPS) is 14.6. The summed E-state index contributed by atoms with van der Waals surface area (Å²) in [6.07, 6.45) is 1.73. The predicted octanol–water partition coefficient (Wildman–Crippen LogP) is 2.95. The summed E-state index contributed by atoms with van der Waals surface area (Å²) >= 11 is 9.37. The summed E-state index contributed by atoms with van der Waals surface area (Å²) < 4.78 is 2.18. The van der Waals surface area contributed by atoms with E-state index in [0.717, 1.165) is 17.3 Å². The van der Waals surface area contributed by atoms with Crippen molar-refractivity contribution >= 4 is 27.5 Å². The molecule has 4 nitrogen and oxygen atoms in total. The maximum Gasteiger partial charge on any atom is 0.329 e. The molecule has 1 aliphatic rings. The quantitative estimate of drug-likeness (QED) is 0.854. The summed E-state index contributed by atoms with van der Waals surface area (Å²) in [5.41, 5.74) is 0.293. The van der Waals surface area contributed by atoms with Crippen molar-refractivity contribution in [3.8, 4) is 11.1 Å². The number of hydrogen-bond acceptors (Lipinski definition) is 2. The molecule has 1 aromatic carbocycles. The van der Waals surface area contributed by atoms with E-state index in [9.17, 15) is 9.59 Å². The average molecular weight is 342 g/mol. The molecule has 0 spiro atoms. The fourth-order valence-electron chi connectivity index (χ4n) is 2.05. The van der Waals surface area contributed by atoms with Crippen LogP contribution in [0.5, 0.6) is 0 Å². The van der Waals surface area contributed by atoms with E-state index in [-0.39, 0.29) is 16.8 Å². The minimum absolute atomic E-state index is 0.0164. The van der Waals surface area contributed by atoms with Gasteiger partial charge < -0.3 is 0 Å². The highest BCUT2D eigenvalue weighted by atomic mass is 79.9. The van der Waals surface area contributed by atoms with Crippen molar-refractivity contribution in [1.29, 1.82) is 0 Å². The number of nitrogens with zero attached hydrogens (tertiary/aromatic N) is 1. The average Bonchev–Trinajstić information content (AvgIpc) is 3.15. The Balaban J connectivity index is 2.26. The monoisotopic (exact) mass is 340 g/mol. The highest BCUT2D eigenvalue weighted by molar-refractivity contribution is 9.10. The molecule has 3 rings (SSSR count). The van der Waals surface area contributed by atoms with Gasteiger partial charge in [-0.25, -0.2) is 4.79 Å². The first-order valence-corrected chi connectivity index (χ1v) is 7.05. The molecule has 0 saturated heterocycles. The standard InChI is InChI=1S/C13H10BrClN2O2/c14-8-3-1-7(2-4-8)10-11(15)16-13(19)17(12(10)18)9-5-6-9/h1-4,9H,5-6H2,(H,16,19).